The maximum absolute atomic E-state index is 5.81. The largest absolute Gasteiger partial charge is 0.494 e. The van der Waals surface area contributed by atoms with Crippen molar-refractivity contribution in [3.05, 3.63) is 65.7 Å². The molecule has 112 valence electrons. The Kier molecular flexibility index (Phi) is 6.33. The summed E-state index contributed by atoms with van der Waals surface area (Å²) < 4.78 is 5.81. The van der Waals surface area contributed by atoms with Gasteiger partial charge in [-0.1, -0.05) is 56.3 Å². The van der Waals surface area contributed by atoms with E-state index in [2.05, 4.69) is 68.4 Å². The van der Waals surface area contributed by atoms with Crippen molar-refractivity contribution in [2.24, 2.45) is 0 Å². The van der Waals surface area contributed by atoms with Crippen LogP contribution >= 0.6 is 0 Å². The smallest absolute Gasteiger partial charge is 0.119 e. The molecule has 1 atom stereocenters. The Balaban J connectivity index is 1.67. The normalized spacial score (nSPS) is 12.1. The molecule has 1 unspecified atom stereocenters. The molecule has 0 fully saturated rings. The summed E-state index contributed by atoms with van der Waals surface area (Å²) in [6.07, 6.45) is 4.59. The van der Waals surface area contributed by atoms with E-state index in [0.29, 0.717) is 5.92 Å². The summed E-state index contributed by atoms with van der Waals surface area (Å²) in [5.41, 5.74) is 2.81. The molecule has 0 spiro atoms. The molecule has 0 aliphatic rings. The lowest BCUT2D eigenvalue weighted by Gasteiger charge is -2.10. The molecule has 2 aromatic rings. The molecule has 0 saturated heterocycles. The molecule has 1 nitrogen and oxygen atoms in total. The van der Waals surface area contributed by atoms with Gasteiger partial charge in [0.05, 0.1) is 6.61 Å². The average Bonchev–Trinajstić information content (AvgIpc) is 2.55. The van der Waals surface area contributed by atoms with Gasteiger partial charge in [0.1, 0.15) is 5.75 Å². The molecule has 0 heterocycles. The van der Waals surface area contributed by atoms with Crippen molar-refractivity contribution in [1.29, 1.82) is 0 Å². The zero-order chi connectivity index (χ0) is 14.9. The van der Waals surface area contributed by atoms with E-state index >= 15 is 0 Å². The molecule has 2 rings (SSSR count). The summed E-state index contributed by atoms with van der Waals surface area (Å²) in [6.45, 7) is 5.29. The van der Waals surface area contributed by atoms with Gasteiger partial charge in [-0.15, -0.1) is 0 Å². The minimum atomic E-state index is 0.630. The van der Waals surface area contributed by atoms with E-state index in [-0.39, 0.29) is 0 Å². The average molecular weight is 282 g/mol. The lowest BCUT2D eigenvalue weighted by atomic mass is 9.99. The molecule has 0 bridgehead atoms. The number of hydrogen-bond donors (Lipinski definition) is 0. The molecule has 0 radical (unpaired) electrons. The van der Waals surface area contributed by atoms with Crippen molar-refractivity contribution in [2.75, 3.05) is 6.61 Å². The van der Waals surface area contributed by atoms with Crippen molar-refractivity contribution in [1.82, 2.24) is 0 Å². The second-order valence-electron chi connectivity index (χ2n) is 5.67. The van der Waals surface area contributed by atoms with Crippen LogP contribution in [0.1, 0.15) is 50.2 Å². The third-order valence-electron chi connectivity index (χ3n) is 4.03. The van der Waals surface area contributed by atoms with Crippen LogP contribution in [0.2, 0.25) is 0 Å². The summed E-state index contributed by atoms with van der Waals surface area (Å²) in [5.74, 6) is 1.62. The van der Waals surface area contributed by atoms with Crippen molar-refractivity contribution in [3.8, 4) is 5.75 Å². The zero-order valence-electron chi connectivity index (χ0n) is 13.2. The third-order valence-corrected chi connectivity index (χ3v) is 4.03. The Morgan fingerprint density at radius 1 is 0.905 bits per heavy atom. The van der Waals surface area contributed by atoms with E-state index in [9.17, 15) is 0 Å². The van der Waals surface area contributed by atoms with Gasteiger partial charge >= 0.3 is 0 Å². The molecule has 1 heteroatoms. The number of unbranched alkanes of at least 4 members (excludes halogenated alkanes) is 1. The standard InChI is InChI=1S/C20H26O/c1-3-17(2)19-12-14-20(15-13-19)21-16-8-7-11-18-9-5-4-6-10-18/h4-6,9-10,12-15,17H,3,7-8,11,16H2,1-2H3. The van der Waals surface area contributed by atoms with E-state index in [1.54, 1.807) is 0 Å². The molecule has 0 amide bonds. The number of ether oxygens (including phenoxy) is 1. The van der Waals surface area contributed by atoms with Gasteiger partial charge in [-0.05, 0) is 54.9 Å². The minimum Gasteiger partial charge on any atom is -0.494 e. The predicted molar refractivity (Wildman–Crippen MR) is 90.0 cm³/mol. The molecule has 21 heavy (non-hydrogen) atoms. The van der Waals surface area contributed by atoms with E-state index in [4.69, 9.17) is 4.74 Å². The monoisotopic (exact) mass is 282 g/mol. The van der Waals surface area contributed by atoms with Crippen LogP contribution in [0.25, 0.3) is 0 Å². The van der Waals surface area contributed by atoms with Crippen LogP contribution < -0.4 is 4.74 Å². The molecule has 0 N–H and O–H groups in total. The summed E-state index contributed by atoms with van der Waals surface area (Å²) in [4.78, 5) is 0. The van der Waals surface area contributed by atoms with E-state index in [1.165, 1.54) is 24.0 Å². The molecule has 0 aromatic heterocycles. The van der Waals surface area contributed by atoms with Crippen LogP contribution in [-0.4, -0.2) is 6.61 Å². The van der Waals surface area contributed by atoms with Crippen LogP contribution in [0.3, 0.4) is 0 Å². The highest BCUT2D eigenvalue weighted by molar-refractivity contribution is 5.29. The van der Waals surface area contributed by atoms with Crippen molar-refractivity contribution >= 4 is 0 Å². The molecular weight excluding hydrogens is 256 g/mol. The molecule has 0 aliphatic heterocycles. The van der Waals surface area contributed by atoms with Gasteiger partial charge < -0.3 is 4.74 Å². The molecular formula is C20H26O. The Bertz CT molecular complexity index is 501. The maximum Gasteiger partial charge on any atom is 0.119 e. The fraction of sp³-hybridized carbons (Fsp3) is 0.400. The first-order valence-corrected chi connectivity index (χ1v) is 8.06. The topological polar surface area (TPSA) is 9.23 Å². The van der Waals surface area contributed by atoms with Gasteiger partial charge in [0.25, 0.3) is 0 Å². The van der Waals surface area contributed by atoms with Crippen LogP contribution in [-0.2, 0) is 6.42 Å². The third kappa shape index (κ3) is 5.26. The van der Waals surface area contributed by atoms with E-state index in [1.807, 2.05) is 0 Å². The number of hydrogen-bond acceptors (Lipinski definition) is 1. The van der Waals surface area contributed by atoms with Crippen molar-refractivity contribution in [3.63, 3.8) is 0 Å². The van der Waals surface area contributed by atoms with Crippen molar-refractivity contribution < 1.29 is 4.74 Å². The Labute approximate surface area is 129 Å². The first-order chi connectivity index (χ1) is 10.3. The van der Waals surface area contributed by atoms with Gasteiger partial charge in [-0.25, -0.2) is 0 Å². The highest BCUT2D eigenvalue weighted by Crippen LogP contribution is 2.21. The van der Waals surface area contributed by atoms with Crippen molar-refractivity contribution in [2.45, 2.75) is 45.4 Å². The Hall–Kier alpha value is -1.76. The van der Waals surface area contributed by atoms with Gasteiger partial charge in [0.15, 0.2) is 0 Å². The Morgan fingerprint density at radius 3 is 2.29 bits per heavy atom. The molecule has 0 saturated carbocycles. The fourth-order valence-corrected chi connectivity index (χ4v) is 2.39. The number of rotatable bonds is 8. The van der Waals surface area contributed by atoms with Crippen LogP contribution in [0, 0.1) is 0 Å². The second-order valence-corrected chi connectivity index (χ2v) is 5.67. The Morgan fingerprint density at radius 2 is 1.62 bits per heavy atom. The van der Waals surface area contributed by atoms with Gasteiger partial charge in [0.2, 0.25) is 0 Å². The molecule has 2 aromatic carbocycles. The second kappa shape index (κ2) is 8.51. The van der Waals surface area contributed by atoms with Gasteiger partial charge in [-0.2, -0.15) is 0 Å². The SMILES string of the molecule is CCC(C)c1ccc(OCCCCc2ccccc2)cc1. The van der Waals surface area contributed by atoms with Gasteiger partial charge in [0, 0.05) is 0 Å². The highest BCUT2D eigenvalue weighted by atomic mass is 16.5. The van der Waals surface area contributed by atoms with Crippen LogP contribution in [0.15, 0.2) is 54.6 Å². The summed E-state index contributed by atoms with van der Waals surface area (Å²) in [6, 6.07) is 19.2. The van der Waals surface area contributed by atoms with Crippen LogP contribution in [0.5, 0.6) is 5.75 Å². The molecule has 0 aliphatic carbocycles. The van der Waals surface area contributed by atoms with E-state index < -0.39 is 0 Å². The quantitative estimate of drug-likeness (QED) is 0.572. The number of aryl methyl sites for hydroxylation is 1. The lowest BCUT2D eigenvalue weighted by Crippen LogP contribution is -1.99. The predicted octanol–water partition coefficient (Wildman–Crippen LogP) is 5.60. The van der Waals surface area contributed by atoms with Crippen LogP contribution in [0.4, 0.5) is 0 Å². The van der Waals surface area contributed by atoms with E-state index in [0.717, 1.165) is 25.2 Å². The number of benzene rings is 2. The fourth-order valence-electron chi connectivity index (χ4n) is 2.39. The zero-order valence-corrected chi connectivity index (χ0v) is 13.2. The highest BCUT2D eigenvalue weighted by Gasteiger charge is 2.02. The first-order valence-electron chi connectivity index (χ1n) is 8.06. The summed E-state index contributed by atoms with van der Waals surface area (Å²) in [5, 5.41) is 0. The summed E-state index contributed by atoms with van der Waals surface area (Å²) in [7, 11) is 0. The summed E-state index contributed by atoms with van der Waals surface area (Å²) >= 11 is 0. The first kappa shape index (κ1) is 15.6. The van der Waals surface area contributed by atoms with Gasteiger partial charge in [-0.3, -0.25) is 0 Å². The lowest BCUT2D eigenvalue weighted by molar-refractivity contribution is 0.307. The maximum atomic E-state index is 5.81. The minimum absolute atomic E-state index is 0.630.